The first-order valence-electron chi connectivity index (χ1n) is 6.41. The number of benzene rings is 1. The van der Waals surface area contributed by atoms with Crippen molar-refractivity contribution >= 4 is 16.0 Å². The minimum Gasteiger partial charge on any atom is -0.464 e. The van der Waals surface area contributed by atoms with Gasteiger partial charge in [0.1, 0.15) is 0 Å². The first kappa shape index (κ1) is 16.8. The molecule has 1 aliphatic rings. The van der Waals surface area contributed by atoms with Gasteiger partial charge >= 0.3 is 12.1 Å². The summed E-state index contributed by atoms with van der Waals surface area (Å²) in [6.45, 7) is 1.83. The Kier molecular flexibility index (Phi) is 3.99. The van der Waals surface area contributed by atoms with Crippen LogP contribution in [0.1, 0.15) is 12.5 Å². The molecule has 0 N–H and O–H groups in total. The molecule has 0 saturated carbocycles. The Morgan fingerprint density at radius 1 is 1.32 bits per heavy atom. The van der Waals surface area contributed by atoms with Crippen LogP contribution in [0.2, 0.25) is 0 Å². The maximum absolute atomic E-state index is 13.2. The number of nitrogens with zero attached hydrogens (tertiary/aromatic N) is 1. The number of carbonyl (C=O) groups is 1. The van der Waals surface area contributed by atoms with E-state index in [2.05, 4.69) is 4.74 Å². The summed E-state index contributed by atoms with van der Waals surface area (Å²) in [5.74, 6) is -1.60. The van der Waals surface area contributed by atoms with Crippen LogP contribution in [0, 0.1) is 6.92 Å². The Hall–Kier alpha value is -1.61. The van der Waals surface area contributed by atoms with Crippen molar-refractivity contribution in [2.75, 3.05) is 13.2 Å². The average molecular weight is 337 g/mol. The number of hydrogen-bond donors (Lipinski definition) is 0. The van der Waals surface area contributed by atoms with E-state index in [1.807, 2.05) is 0 Å². The number of hydrogen-bond acceptors (Lipinski definition) is 4. The Morgan fingerprint density at radius 3 is 2.32 bits per heavy atom. The molecule has 9 heteroatoms. The summed E-state index contributed by atoms with van der Waals surface area (Å²) in [5, 5.41) is 0. The first-order valence-corrected chi connectivity index (χ1v) is 7.85. The monoisotopic (exact) mass is 337 g/mol. The molecule has 0 radical (unpaired) electrons. The van der Waals surface area contributed by atoms with Crippen LogP contribution in [0.4, 0.5) is 13.2 Å². The summed E-state index contributed by atoms with van der Waals surface area (Å²) >= 11 is 0. The minimum absolute atomic E-state index is 0.128. The summed E-state index contributed by atoms with van der Waals surface area (Å²) in [7, 11) is -4.42. The number of rotatable bonds is 4. The molecule has 0 aliphatic carbocycles. The summed E-state index contributed by atoms with van der Waals surface area (Å²) in [6.07, 6.45) is -5.04. The van der Waals surface area contributed by atoms with E-state index >= 15 is 0 Å². The SMILES string of the molecule is CCOC(=O)C1(C(F)(F)F)CN1S(=O)(=O)c1ccc(C)cc1. The maximum Gasteiger partial charge on any atom is 0.419 e. The Balaban J connectivity index is 2.41. The van der Waals surface area contributed by atoms with E-state index in [9.17, 15) is 26.4 Å². The highest BCUT2D eigenvalue weighted by atomic mass is 32.2. The van der Waals surface area contributed by atoms with Gasteiger partial charge in [0.15, 0.2) is 0 Å². The summed E-state index contributed by atoms with van der Waals surface area (Å²) in [5.41, 5.74) is -2.36. The molecule has 1 heterocycles. The molecule has 22 heavy (non-hydrogen) atoms. The van der Waals surface area contributed by atoms with Crippen LogP contribution in [-0.4, -0.2) is 43.6 Å². The number of sulfonamides is 1. The second kappa shape index (κ2) is 5.24. The van der Waals surface area contributed by atoms with Gasteiger partial charge in [-0.05, 0) is 26.0 Å². The molecular weight excluding hydrogens is 323 g/mol. The number of carbonyl (C=O) groups excluding carboxylic acids is 1. The third-order valence-electron chi connectivity index (χ3n) is 3.39. The molecule has 122 valence electrons. The van der Waals surface area contributed by atoms with Crippen molar-refractivity contribution in [3.8, 4) is 0 Å². The molecule has 2 atom stereocenters. The molecule has 0 spiro atoms. The van der Waals surface area contributed by atoms with Gasteiger partial charge in [0.2, 0.25) is 15.6 Å². The maximum atomic E-state index is 13.2. The predicted molar refractivity (Wildman–Crippen MR) is 70.5 cm³/mol. The fraction of sp³-hybridized carbons (Fsp3) is 0.462. The summed E-state index contributed by atoms with van der Waals surface area (Å²) < 4.78 is 68.8. The highest BCUT2D eigenvalue weighted by molar-refractivity contribution is 7.89. The standard InChI is InChI=1S/C13H14F3NO4S/c1-3-21-11(18)12(13(14,15)16)8-17(12)22(19,20)10-6-4-9(2)5-7-10/h4-7H,3,8H2,1-2H3. The summed E-state index contributed by atoms with van der Waals surface area (Å²) in [4.78, 5) is 11.4. The van der Waals surface area contributed by atoms with E-state index in [0.717, 1.165) is 5.56 Å². The van der Waals surface area contributed by atoms with Gasteiger partial charge in [0.05, 0.1) is 18.0 Å². The van der Waals surface area contributed by atoms with Crippen molar-refractivity contribution in [1.29, 1.82) is 0 Å². The quantitative estimate of drug-likeness (QED) is 0.621. The van der Waals surface area contributed by atoms with E-state index < -0.39 is 34.3 Å². The number of ether oxygens (including phenoxy) is 1. The van der Waals surface area contributed by atoms with Crippen molar-refractivity contribution in [3.05, 3.63) is 29.8 Å². The summed E-state index contributed by atoms with van der Waals surface area (Å²) in [6, 6.07) is 5.34. The number of alkyl halides is 3. The van der Waals surface area contributed by atoms with Crippen molar-refractivity contribution in [1.82, 2.24) is 4.31 Å². The van der Waals surface area contributed by atoms with Crippen molar-refractivity contribution in [2.24, 2.45) is 0 Å². The molecular formula is C13H14F3NO4S. The number of esters is 1. The number of aryl methyl sites for hydroxylation is 1. The zero-order valence-electron chi connectivity index (χ0n) is 11.8. The van der Waals surface area contributed by atoms with Gasteiger partial charge in [0, 0.05) is 0 Å². The lowest BCUT2D eigenvalue weighted by Gasteiger charge is -2.19. The highest BCUT2D eigenvalue weighted by Gasteiger charge is 2.79. The van der Waals surface area contributed by atoms with Crippen LogP contribution in [-0.2, 0) is 19.6 Å². The van der Waals surface area contributed by atoms with Crippen LogP contribution >= 0.6 is 0 Å². The van der Waals surface area contributed by atoms with Gasteiger partial charge in [-0.15, -0.1) is 0 Å². The smallest absolute Gasteiger partial charge is 0.419 e. The van der Waals surface area contributed by atoms with Gasteiger partial charge in [-0.2, -0.15) is 17.5 Å². The lowest BCUT2D eigenvalue weighted by Crippen LogP contribution is -2.46. The Labute approximate surface area is 125 Å². The highest BCUT2D eigenvalue weighted by Crippen LogP contribution is 2.50. The largest absolute Gasteiger partial charge is 0.464 e. The normalized spacial score (nSPS) is 24.9. The van der Waals surface area contributed by atoms with Gasteiger partial charge in [-0.3, -0.25) is 0 Å². The van der Waals surface area contributed by atoms with Gasteiger partial charge in [-0.25, -0.2) is 13.2 Å². The number of halogens is 3. The third kappa shape index (κ3) is 2.48. The van der Waals surface area contributed by atoms with Crippen molar-refractivity contribution in [2.45, 2.75) is 30.5 Å². The second-order valence-electron chi connectivity index (χ2n) is 4.90. The van der Waals surface area contributed by atoms with E-state index in [1.54, 1.807) is 6.92 Å². The van der Waals surface area contributed by atoms with Gasteiger partial charge < -0.3 is 4.74 Å². The molecule has 1 saturated heterocycles. The minimum atomic E-state index is -5.04. The third-order valence-corrected chi connectivity index (χ3v) is 5.27. The first-order chi connectivity index (χ1) is 10.1. The van der Waals surface area contributed by atoms with Crippen LogP contribution in [0.3, 0.4) is 0 Å². The molecule has 1 aliphatic heterocycles. The van der Waals surface area contributed by atoms with Crippen molar-refractivity contribution < 1.29 is 31.1 Å². The van der Waals surface area contributed by atoms with Gasteiger partial charge in [0.25, 0.3) is 0 Å². The van der Waals surface area contributed by atoms with E-state index in [4.69, 9.17) is 0 Å². The molecule has 0 amide bonds. The molecule has 0 bridgehead atoms. The molecule has 5 nitrogen and oxygen atoms in total. The van der Waals surface area contributed by atoms with Gasteiger partial charge in [-0.1, -0.05) is 17.7 Å². The van der Waals surface area contributed by atoms with E-state index in [1.165, 1.54) is 31.2 Å². The van der Waals surface area contributed by atoms with Crippen molar-refractivity contribution in [3.63, 3.8) is 0 Å². The topological polar surface area (TPSA) is 63.5 Å². The van der Waals surface area contributed by atoms with E-state index in [0.29, 0.717) is 0 Å². The van der Waals surface area contributed by atoms with Crippen LogP contribution in [0.5, 0.6) is 0 Å². The van der Waals surface area contributed by atoms with Crippen LogP contribution < -0.4 is 0 Å². The van der Waals surface area contributed by atoms with E-state index in [-0.39, 0.29) is 15.8 Å². The zero-order valence-corrected chi connectivity index (χ0v) is 12.7. The Morgan fingerprint density at radius 2 is 1.86 bits per heavy atom. The second-order valence-corrected chi connectivity index (χ2v) is 6.77. The Bertz CT molecular complexity index is 684. The molecule has 2 unspecified atom stereocenters. The lowest BCUT2D eigenvalue weighted by atomic mass is 10.1. The fourth-order valence-corrected chi connectivity index (χ4v) is 3.74. The predicted octanol–water partition coefficient (Wildman–Crippen LogP) is 1.86. The molecule has 1 aromatic rings. The fourth-order valence-electron chi connectivity index (χ4n) is 2.06. The van der Waals surface area contributed by atoms with Crippen LogP contribution in [0.25, 0.3) is 0 Å². The molecule has 1 aromatic carbocycles. The van der Waals surface area contributed by atoms with Crippen LogP contribution in [0.15, 0.2) is 29.2 Å². The lowest BCUT2D eigenvalue weighted by molar-refractivity contribution is -0.191. The zero-order chi connectivity index (χ0) is 16.8. The molecule has 1 fully saturated rings. The molecule has 2 rings (SSSR count). The average Bonchev–Trinajstić information content (AvgIpc) is 3.16. The molecule has 0 aromatic heterocycles.